The summed E-state index contributed by atoms with van der Waals surface area (Å²) in [6.07, 6.45) is 6.86. The highest BCUT2D eigenvalue weighted by Gasteiger charge is 2.17. The van der Waals surface area contributed by atoms with Crippen molar-refractivity contribution in [2.45, 2.75) is 13.0 Å². The lowest BCUT2D eigenvalue weighted by atomic mass is 10.1. The summed E-state index contributed by atoms with van der Waals surface area (Å²) in [6, 6.07) is 4.16. The highest BCUT2D eigenvalue weighted by atomic mass is 32.1. The average molecular weight is 369 g/mol. The molecular formula is C18H19N5O2S. The van der Waals surface area contributed by atoms with Gasteiger partial charge in [-0.2, -0.15) is 0 Å². The summed E-state index contributed by atoms with van der Waals surface area (Å²) in [4.78, 5) is 20.1. The number of aromatic nitrogens is 4. The van der Waals surface area contributed by atoms with Gasteiger partial charge in [-0.25, -0.2) is 9.97 Å². The second-order valence-corrected chi connectivity index (χ2v) is 7.19. The van der Waals surface area contributed by atoms with Gasteiger partial charge in [0, 0.05) is 35.6 Å². The molecule has 0 saturated carbocycles. The molecular weight excluding hydrogens is 350 g/mol. The summed E-state index contributed by atoms with van der Waals surface area (Å²) in [5.41, 5.74) is 2.47. The number of nitrogens with zero attached hydrogens (tertiary/aromatic N) is 4. The summed E-state index contributed by atoms with van der Waals surface area (Å²) < 4.78 is 11.1. The van der Waals surface area contributed by atoms with Crippen molar-refractivity contribution in [1.29, 1.82) is 0 Å². The monoisotopic (exact) mass is 369 g/mol. The van der Waals surface area contributed by atoms with E-state index in [4.69, 9.17) is 14.5 Å². The summed E-state index contributed by atoms with van der Waals surface area (Å²) >= 11 is 1.69. The lowest BCUT2D eigenvalue weighted by molar-refractivity contribution is -0.0819. The van der Waals surface area contributed by atoms with E-state index in [0.29, 0.717) is 32.3 Å². The van der Waals surface area contributed by atoms with Crippen LogP contribution in [0.1, 0.15) is 4.88 Å². The summed E-state index contributed by atoms with van der Waals surface area (Å²) in [5, 5.41) is 3.25. The molecule has 1 aliphatic heterocycles. The highest BCUT2D eigenvalue weighted by Crippen LogP contribution is 2.33. The molecule has 1 N–H and O–H groups in total. The molecule has 1 aliphatic rings. The number of hydrogen-bond donors (Lipinski definition) is 1. The van der Waals surface area contributed by atoms with Crippen molar-refractivity contribution in [2.75, 3.05) is 31.7 Å². The van der Waals surface area contributed by atoms with Crippen LogP contribution < -0.4 is 5.32 Å². The van der Waals surface area contributed by atoms with E-state index in [9.17, 15) is 0 Å². The normalized spacial score (nSPS) is 17.2. The number of aryl methyl sites for hydroxylation is 1. The molecule has 8 heteroatoms. The Balaban J connectivity index is 1.63. The van der Waals surface area contributed by atoms with Gasteiger partial charge in [0.15, 0.2) is 0 Å². The van der Waals surface area contributed by atoms with Gasteiger partial charge in [-0.05, 0) is 19.1 Å². The van der Waals surface area contributed by atoms with Gasteiger partial charge in [-0.1, -0.05) is 0 Å². The molecule has 0 spiro atoms. The molecule has 0 aromatic carbocycles. The molecule has 1 saturated heterocycles. The second-order valence-electron chi connectivity index (χ2n) is 5.91. The predicted molar refractivity (Wildman–Crippen MR) is 100 cm³/mol. The maximum Gasteiger partial charge on any atom is 0.223 e. The molecule has 3 aromatic rings. The van der Waals surface area contributed by atoms with Crippen LogP contribution >= 0.6 is 11.3 Å². The predicted octanol–water partition coefficient (Wildman–Crippen LogP) is 2.80. The van der Waals surface area contributed by atoms with Crippen LogP contribution in [-0.2, 0) is 9.47 Å². The minimum atomic E-state index is 0.0134. The molecule has 4 rings (SSSR count). The van der Waals surface area contributed by atoms with Gasteiger partial charge in [0.2, 0.25) is 5.95 Å². The van der Waals surface area contributed by atoms with E-state index < -0.39 is 0 Å². The number of nitrogens with one attached hydrogen (secondary N) is 1. The minimum absolute atomic E-state index is 0.0134. The highest BCUT2D eigenvalue weighted by molar-refractivity contribution is 7.15. The minimum Gasteiger partial charge on any atom is -0.376 e. The van der Waals surface area contributed by atoms with Crippen molar-refractivity contribution in [3.8, 4) is 21.8 Å². The third-order valence-electron chi connectivity index (χ3n) is 3.97. The fourth-order valence-corrected chi connectivity index (χ4v) is 3.57. The standard InChI is InChI=1S/C18H19N5O2S/c1-12-2-3-16(26-12)17-14(15-10-19-4-5-20-15)9-22-18(23-17)21-8-13-11-24-6-7-25-13/h2-5,9-10,13H,6-8,11H2,1H3,(H,21,22,23). The first-order chi connectivity index (χ1) is 12.8. The van der Waals surface area contributed by atoms with Crippen molar-refractivity contribution in [3.63, 3.8) is 0 Å². The molecule has 1 fully saturated rings. The Morgan fingerprint density at radius 2 is 2.15 bits per heavy atom. The van der Waals surface area contributed by atoms with Gasteiger partial charge in [-0.15, -0.1) is 11.3 Å². The summed E-state index contributed by atoms with van der Waals surface area (Å²) in [6.45, 7) is 4.55. The van der Waals surface area contributed by atoms with Crippen molar-refractivity contribution in [1.82, 2.24) is 19.9 Å². The topological polar surface area (TPSA) is 82.1 Å². The Morgan fingerprint density at radius 3 is 2.88 bits per heavy atom. The zero-order valence-electron chi connectivity index (χ0n) is 14.4. The lowest BCUT2D eigenvalue weighted by Crippen LogP contribution is -2.34. The molecule has 3 aromatic heterocycles. The maximum atomic E-state index is 5.65. The van der Waals surface area contributed by atoms with Crippen LogP contribution in [0.15, 0.2) is 36.9 Å². The SMILES string of the molecule is Cc1ccc(-c2nc(NCC3COCCO3)ncc2-c2cnccn2)s1. The fourth-order valence-electron chi connectivity index (χ4n) is 2.70. The summed E-state index contributed by atoms with van der Waals surface area (Å²) in [5.74, 6) is 0.563. The van der Waals surface area contributed by atoms with Crippen LogP contribution in [0.4, 0.5) is 5.95 Å². The van der Waals surface area contributed by atoms with Gasteiger partial charge >= 0.3 is 0 Å². The van der Waals surface area contributed by atoms with Crippen molar-refractivity contribution in [3.05, 3.63) is 41.8 Å². The largest absolute Gasteiger partial charge is 0.376 e. The third-order valence-corrected chi connectivity index (χ3v) is 4.98. The number of ether oxygens (including phenoxy) is 2. The zero-order chi connectivity index (χ0) is 17.8. The first kappa shape index (κ1) is 17.0. The van der Waals surface area contributed by atoms with Crippen molar-refractivity contribution >= 4 is 17.3 Å². The van der Waals surface area contributed by atoms with Gasteiger partial charge in [0.05, 0.1) is 48.4 Å². The number of thiophene rings is 1. The van der Waals surface area contributed by atoms with Gasteiger partial charge in [0.1, 0.15) is 0 Å². The molecule has 0 radical (unpaired) electrons. The van der Waals surface area contributed by atoms with Gasteiger partial charge < -0.3 is 14.8 Å². The maximum absolute atomic E-state index is 5.65. The summed E-state index contributed by atoms with van der Waals surface area (Å²) in [7, 11) is 0. The smallest absolute Gasteiger partial charge is 0.223 e. The van der Waals surface area contributed by atoms with Crippen molar-refractivity contribution < 1.29 is 9.47 Å². The number of anilines is 1. The van der Waals surface area contributed by atoms with E-state index in [1.54, 1.807) is 36.1 Å². The molecule has 0 bridgehead atoms. The fraction of sp³-hybridized carbons (Fsp3) is 0.333. The van der Waals surface area contributed by atoms with Crippen LogP contribution in [0.25, 0.3) is 21.8 Å². The Morgan fingerprint density at radius 1 is 1.19 bits per heavy atom. The van der Waals surface area contributed by atoms with Crippen LogP contribution in [0.2, 0.25) is 0 Å². The number of rotatable bonds is 5. The molecule has 1 unspecified atom stereocenters. The van der Waals surface area contributed by atoms with Crippen LogP contribution in [0, 0.1) is 6.92 Å². The van der Waals surface area contributed by atoms with E-state index in [0.717, 1.165) is 21.8 Å². The average Bonchev–Trinajstić information content (AvgIpc) is 3.14. The van der Waals surface area contributed by atoms with E-state index in [1.165, 1.54) is 4.88 Å². The van der Waals surface area contributed by atoms with Crippen LogP contribution in [0.5, 0.6) is 0 Å². The van der Waals surface area contributed by atoms with E-state index in [-0.39, 0.29) is 6.10 Å². The third kappa shape index (κ3) is 3.87. The van der Waals surface area contributed by atoms with Gasteiger partial charge in [-0.3, -0.25) is 9.97 Å². The van der Waals surface area contributed by atoms with Crippen LogP contribution in [-0.4, -0.2) is 52.4 Å². The lowest BCUT2D eigenvalue weighted by Gasteiger charge is -2.23. The molecule has 26 heavy (non-hydrogen) atoms. The molecule has 0 aliphatic carbocycles. The molecule has 0 amide bonds. The molecule has 1 atom stereocenters. The molecule has 134 valence electrons. The van der Waals surface area contributed by atoms with E-state index in [2.05, 4.69) is 39.3 Å². The van der Waals surface area contributed by atoms with Crippen LogP contribution in [0.3, 0.4) is 0 Å². The number of hydrogen-bond acceptors (Lipinski definition) is 8. The Bertz CT molecular complexity index is 865. The van der Waals surface area contributed by atoms with Crippen molar-refractivity contribution in [2.24, 2.45) is 0 Å². The van der Waals surface area contributed by atoms with Gasteiger partial charge in [0.25, 0.3) is 0 Å². The second kappa shape index (κ2) is 7.86. The first-order valence-corrected chi connectivity index (χ1v) is 9.25. The Hall–Kier alpha value is -2.42. The molecule has 7 nitrogen and oxygen atoms in total. The zero-order valence-corrected chi connectivity index (χ0v) is 15.2. The Labute approximate surface area is 155 Å². The molecule has 4 heterocycles. The Kier molecular flexibility index (Phi) is 5.14. The first-order valence-electron chi connectivity index (χ1n) is 8.43. The quantitative estimate of drug-likeness (QED) is 0.740. The van der Waals surface area contributed by atoms with E-state index >= 15 is 0 Å². The van der Waals surface area contributed by atoms with E-state index in [1.807, 2.05) is 0 Å².